The highest BCUT2D eigenvalue weighted by atomic mass is 16.3. The van der Waals surface area contributed by atoms with Crippen LogP contribution in [0.3, 0.4) is 0 Å². The van der Waals surface area contributed by atoms with Crippen LogP contribution >= 0.6 is 0 Å². The highest BCUT2D eigenvalue weighted by molar-refractivity contribution is 5.35. The Hall–Kier alpha value is -0.600. The fourth-order valence-electron chi connectivity index (χ4n) is 2.15. The van der Waals surface area contributed by atoms with E-state index in [-0.39, 0.29) is 11.5 Å². The number of allylic oxidation sites excluding steroid dienone is 2. The van der Waals surface area contributed by atoms with E-state index in [1.807, 2.05) is 13.0 Å². The van der Waals surface area contributed by atoms with Gasteiger partial charge in [0.2, 0.25) is 0 Å². The van der Waals surface area contributed by atoms with Gasteiger partial charge in [-0.3, -0.25) is 0 Å². The summed E-state index contributed by atoms with van der Waals surface area (Å²) in [4.78, 5) is 0. The first-order chi connectivity index (χ1) is 6.84. The third kappa shape index (κ3) is 2.93. The minimum atomic E-state index is -0.430. The number of rotatable bonds is 2. The van der Waals surface area contributed by atoms with Gasteiger partial charge in [-0.15, -0.1) is 0 Å². The van der Waals surface area contributed by atoms with E-state index in [1.54, 1.807) is 13.0 Å². The smallest absolute Gasteiger partial charge is 0.0753 e. The molecule has 1 aliphatic carbocycles. The molecule has 0 aromatic rings. The van der Waals surface area contributed by atoms with Gasteiger partial charge >= 0.3 is 0 Å². The van der Waals surface area contributed by atoms with Gasteiger partial charge in [-0.25, -0.2) is 0 Å². The minimum Gasteiger partial charge on any atom is -0.389 e. The van der Waals surface area contributed by atoms with Crippen LogP contribution in [0.2, 0.25) is 0 Å². The third-order valence-corrected chi connectivity index (χ3v) is 3.24. The molecule has 0 spiro atoms. The number of aliphatic hydroxyl groups is 2. The zero-order valence-electron chi connectivity index (χ0n) is 10.1. The van der Waals surface area contributed by atoms with E-state index < -0.39 is 6.10 Å². The van der Waals surface area contributed by atoms with Crippen molar-refractivity contribution >= 4 is 0 Å². The molecule has 2 atom stereocenters. The molecule has 2 heteroatoms. The molecule has 0 amide bonds. The SMILES string of the molecule is CC1=C(C=CC(C)O)C(C)(C)CCC1O. The lowest BCUT2D eigenvalue weighted by atomic mass is 9.71. The predicted octanol–water partition coefficient (Wildman–Crippen LogP) is 2.42. The van der Waals surface area contributed by atoms with Crippen molar-refractivity contribution in [1.82, 2.24) is 0 Å². The Labute approximate surface area is 92.3 Å². The van der Waals surface area contributed by atoms with Crippen molar-refractivity contribution in [3.8, 4) is 0 Å². The summed E-state index contributed by atoms with van der Waals surface area (Å²) in [6.45, 7) is 8.08. The van der Waals surface area contributed by atoms with Crippen LogP contribution < -0.4 is 0 Å². The average Bonchev–Trinajstić information content (AvgIpc) is 2.11. The highest BCUT2D eigenvalue weighted by Crippen LogP contribution is 2.40. The molecule has 1 aliphatic rings. The molecule has 86 valence electrons. The average molecular weight is 210 g/mol. The lowest BCUT2D eigenvalue weighted by Crippen LogP contribution is -2.27. The maximum absolute atomic E-state index is 9.79. The summed E-state index contributed by atoms with van der Waals surface area (Å²) in [6, 6.07) is 0. The van der Waals surface area contributed by atoms with E-state index in [2.05, 4.69) is 13.8 Å². The molecule has 2 N–H and O–H groups in total. The molecule has 0 radical (unpaired) electrons. The zero-order valence-corrected chi connectivity index (χ0v) is 10.1. The standard InChI is InChI=1S/C13H22O2/c1-9(14)5-6-11-10(2)12(15)7-8-13(11,3)4/h5-6,9,12,14-15H,7-8H2,1-4H3. The Bertz CT molecular complexity index is 285. The molecule has 1 rings (SSSR count). The van der Waals surface area contributed by atoms with E-state index >= 15 is 0 Å². The second kappa shape index (κ2) is 4.50. The van der Waals surface area contributed by atoms with Gasteiger partial charge in [0.25, 0.3) is 0 Å². The monoisotopic (exact) mass is 210 g/mol. The van der Waals surface area contributed by atoms with Crippen molar-refractivity contribution in [2.45, 2.75) is 52.7 Å². The lowest BCUT2D eigenvalue weighted by molar-refractivity contribution is 0.162. The summed E-state index contributed by atoms with van der Waals surface area (Å²) in [7, 11) is 0. The third-order valence-electron chi connectivity index (χ3n) is 3.24. The van der Waals surface area contributed by atoms with Crippen LogP contribution in [0.15, 0.2) is 23.3 Å². The maximum atomic E-state index is 9.79. The molecule has 0 saturated carbocycles. The minimum absolute atomic E-state index is 0.106. The zero-order chi connectivity index (χ0) is 11.6. The number of hydrogen-bond donors (Lipinski definition) is 2. The molecule has 0 heterocycles. The second-order valence-electron chi connectivity index (χ2n) is 5.13. The molecule has 0 bridgehead atoms. The summed E-state index contributed by atoms with van der Waals surface area (Å²) < 4.78 is 0. The Morgan fingerprint density at radius 2 is 2.07 bits per heavy atom. The van der Waals surface area contributed by atoms with Crippen molar-refractivity contribution < 1.29 is 10.2 Å². The first-order valence-electron chi connectivity index (χ1n) is 5.60. The Kier molecular flexibility index (Phi) is 3.74. The van der Waals surface area contributed by atoms with Crippen LogP contribution in [-0.4, -0.2) is 22.4 Å². The van der Waals surface area contributed by atoms with E-state index in [1.165, 1.54) is 5.57 Å². The van der Waals surface area contributed by atoms with Crippen LogP contribution in [0.5, 0.6) is 0 Å². The van der Waals surface area contributed by atoms with Gasteiger partial charge in [0, 0.05) is 0 Å². The number of hydrogen-bond acceptors (Lipinski definition) is 2. The molecular formula is C13H22O2. The normalized spacial score (nSPS) is 28.5. The molecule has 0 fully saturated rings. The molecule has 0 aromatic carbocycles. The van der Waals surface area contributed by atoms with Gasteiger partial charge in [-0.2, -0.15) is 0 Å². The first-order valence-corrected chi connectivity index (χ1v) is 5.60. The van der Waals surface area contributed by atoms with Crippen molar-refractivity contribution in [2.75, 3.05) is 0 Å². The molecule has 15 heavy (non-hydrogen) atoms. The topological polar surface area (TPSA) is 40.5 Å². The molecule has 2 nitrogen and oxygen atoms in total. The molecule has 0 aromatic heterocycles. The van der Waals surface area contributed by atoms with Crippen LogP contribution in [0.4, 0.5) is 0 Å². The van der Waals surface area contributed by atoms with E-state index in [4.69, 9.17) is 0 Å². The van der Waals surface area contributed by atoms with Gasteiger partial charge in [-0.1, -0.05) is 26.0 Å². The van der Waals surface area contributed by atoms with E-state index in [0.717, 1.165) is 18.4 Å². The summed E-state index contributed by atoms with van der Waals surface area (Å²) in [6.07, 6.45) is 4.82. The molecule has 0 aliphatic heterocycles. The van der Waals surface area contributed by atoms with Crippen LogP contribution in [0, 0.1) is 5.41 Å². The fourth-order valence-corrected chi connectivity index (χ4v) is 2.15. The van der Waals surface area contributed by atoms with Crippen molar-refractivity contribution in [1.29, 1.82) is 0 Å². The summed E-state index contributed by atoms with van der Waals surface area (Å²) in [5, 5.41) is 19.0. The van der Waals surface area contributed by atoms with Crippen molar-refractivity contribution in [2.24, 2.45) is 5.41 Å². The summed E-state index contributed by atoms with van der Waals surface area (Å²) >= 11 is 0. The van der Waals surface area contributed by atoms with Crippen molar-refractivity contribution in [3.05, 3.63) is 23.3 Å². The van der Waals surface area contributed by atoms with E-state index in [0.29, 0.717) is 0 Å². The van der Waals surface area contributed by atoms with Crippen LogP contribution in [-0.2, 0) is 0 Å². The Morgan fingerprint density at radius 1 is 1.47 bits per heavy atom. The predicted molar refractivity (Wildman–Crippen MR) is 62.5 cm³/mol. The first kappa shape index (κ1) is 12.5. The molecule has 0 saturated heterocycles. The Balaban J connectivity index is 3.02. The van der Waals surface area contributed by atoms with Gasteiger partial charge in [0.05, 0.1) is 12.2 Å². The molecule has 2 unspecified atom stereocenters. The highest BCUT2D eigenvalue weighted by Gasteiger charge is 2.30. The fraction of sp³-hybridized carbons (Fsp3) is 0.692. The van der Waals surface area contributed by atoms with Gasteiger partial charge in [0.1, 0.15) is 0 Å². The van der Waals surface area contributed by atoms with Crippen LogP contribution in [0.1, 0.15) is 40.5 Å². The largest absolute Gasteiger partial charge is 0.389 e. The molecular weight excluding hydrogens is 188 g/mol. The summed E-state index contributed by atoms with van der Waals surface area (Å²) in [5.74, 6) is 0. The van der Waals surface area contributed by atoms with Gasteiger partial charge < -0.3 is 10.2 Å². The second-order valence-corrected chi connectivity index (χ2v) is 5.13. The van der Waals surface area contributed by atoms with E-state index in [9.17, 15) is 10.2 Å². The quantitative estimate of drug-likeness (QED) is 0.735. The summed E-state index contributed by atoms with van der Waals surface area (Å²) in [5.41, 5.74) is 2.32. The lowest BCUT2D eigenvalue weighted by Gasteiger charge is -2.35. The van der Waals surface area contributed by atoms with Crippen molar-refractivity contribution in [3.63, 3.8) is 0 Å². The van der Waals surface area contributed by atoms with Crippen LogP contribution in [0.25, 0.3) is 0 Å². The number of aliphatic hydroxyl groups excluding tert-OH is 2. The van der Waals surface area contributed by atoms with Gasteiger partial charge in [-0.05, 0) is 43.3 Å². The van der Waals surface area contributed by atoms with Gasteiger partial charge in [0.15, 0.2) is 0 Å². The Morgan fingerprint density at radius 3 is 2.60 bits per heavy atom. The maximum Gasteiger partial charge on any atom is 0.0753 e.